The van der Waals surface area contributed by atoms with Gasteiger partial charge in [0.15, 0.2) is 5.16 Å². The van der Waals surface area contributed by atoms with E-state index in [9.17, 15) is 0 Å². The van der Waals surface area contributed by atoms with Gasteiger partial charge in [-0.15, -0.1) is 10.2 Å². The van der Waals surface area contributed by atoms with Crippen LogP contribution in [0.25, 0.3) is 11.3 Å². The van der Waals surface area contributed by atoms with Crippen LogP contribution in [-0.2, 0) is 5.75 Å². The third-order valence-corrected chi connectivity index (χ3v) is 5.65. The fourth-order valence-electron chi connectivity index (χ4n) is 3.21. The van der Waals surface area contributed by atoms with Gasteiger partial charge >= 0.3 is 0 Å². The summed E-state index contributed by atoms with van der Waals surface area (Å²) in [4.78, 5) is 4.77. The summed E-state index contributed by atoms with van der Waals surface area (Å²) in [7, 11) is 0. The number of benzene rings is 1. The molecular weight excluding hydrogens is 342 g/mol. The lowest BCUT2D eigenvalue weighted by molar-refractivity contribution is 0.829. The molecule has 0 spiro atoms. The van der Waals surface area contributed by atoms with Gasteiger partial charge in [0.1, 0.15) is 11.5 Å². The number of pyridine rings is 1. The van der Waals surface area contributed by atoms with Crippen molar-refractivity contribution >= 4 is 17.4 Å². The third-order valence-electron chi connectivity index (χ3n) is 4.69. The summed E-state index contributed by atoms with van der Waals surface area (Å²) in [6.45, 7) is 2.09. The first-order chi connectivity index (χ1) is 12.8. The van der Waals surface area contributed by atoms with E-state index in [1.165, 1.54) is 18.4 Å². The van der Waals surface area contributed by atoms with Crippen LogP contribution < -0.4 is 0 Å². The van der Waals surface area contributed by atoms with E-state index in [1.807, 2.05) is 12.3 Å². The highest BCUT2D eigenvalue weighted by Gasteiger charge is 2.31. The summed E-state index contributed by atoms with van der Waals surface area (Å²) in [5.74, 6) is 2.41. The number of fused-ring (bicyclic) bond motifs is 1. The summed E-state index contributed by atoms with van der Waals surface area (Å²) >= 11 is 1.70. The van der Waals surface area contributed by atoms with E-state index >= 15 is 0 Å². The quantitative estimate of drug-likeness (QED) is 0.495. The SMILES string of the molecule is Cc1cccn2cc(CSc3nnc(C4CC4)n3-c3ccccc3)nc12. The number of imidazole rings is 1. The largest absolute Gasteiger partial charge is 0.307 e. The van der Waals surface area contributed by atoms with Gasteiger partial charge in [-0.1, -0.05) is 36.0 Å². The van der Waals surface area contributed by atoms with Gasteiger partial charge < -0.3 is 4.40 Å². The number of nitrogens with zero attached hydrogens (tertiary/aromatic N) is 5. The van der Waals surface area contributed by atoms with E-state index in [2.05, 4.69) is 68.7 Å². The minimum atomic E-state index is 0.551. The fraction of sp³-hybridized carbons (Fsp3) is 0.250. The Labute approximate surface area is 156 Å². The average Bonchev–Trinajstić information content (AvgIpc) is 3.27. The lowest BCUT2D eigenvalue weighted by Crippen LogP contribution is -2.01. The number of aryl methyl sites for hydroxylation is 1. The van der Waals surface area contributed by atoms with Gasteiger partial charge in [-0.3, -0.25) is 4.57 Å². The monoisotopic (exact) mass is 361 g/mol. The van der Waals surface area contributed by atoms with Crippen molar-refractivity contribution in [1.82, 2.24) is 24.1 Å². The third kappa shape index (κ3) is 2.80. The predicted octanol–water partition coefficient (Wildman–Crippen LogP) is 4.39. The van der Waals surface area contributed by atoms with Gasteiger partial charge in [0, 0.05) is 29.8 Å². The van der Waals surface area contributed by atoms with Crippen molar-refractivity contribution in [2.24, 2.45) is 0 Å². The Kier molecular flexibility index (Phi) is 3.78. The van der Waals surface area contributed by atoms with Gasteiger partial charge in [-0.2, -0.15) is 0 Å². The highest BCUT2D eigenvalue weighted by atomic mass is 32.2. The van der Waals surface area contributed by atoms with Crippen LogP contribution in [0.1, 0.15) is 35.8 Å². The molecule has 0 radical (unpaired) electrons. The maximum atomic E-state index is 4.77. The highest BCUT2D eigenvalue weighted by molar-refractivity contribution is 7.98. The van der Waals surface area contributed by atoms with Crippen LogP contribution in [0.2, 0.25) is 0 Å². The Morgan fingerprint density at radius 1 is 1.08 bits per heavy atom. The molecule has 0 amide bonds. The number of para-hydroxylation sites is 1. The fourth-order valence-corrected chi connectivity index (χ4v) is 4.06. The zero-order valence-corrected chi connectivity index (χ0v) is 15.4. The summed E-state index contributed by atoms with van der Waals surface area (Å²) in [5, 5.41) is 9.91. The van der Waals surface area contributed by atoms with Crippen LogP contribution >= 0.6 is 11.8 Å². The topological polar surface area (TPSA) is 48.0 Å². The van der Waals surface area contributed by atoms with Gasteiger partial charge in [0.05, 0.1) is 5.69 Å². The molecule has 6 heteroatoms. The molecule has 5 rings (SSSR count). The molecule has 130 valence electrons. The lowest BCUT2D eigenvalue weighted by atomic mass is 10.3. The van der Waals surface area contributed by atoms with Crippen LogP contribution in [0.4, 0.5) is 0 Å². The molecule has 3 aromatic heterocycles. The Morgan fingerprint density at radius 2 is 1.92 bits per heavy atom. The van der Waals surface area contributed by atoms with E-state index in [0.717, 1.165) is 33.8 Å². The summed E-state index contributed by atoms with van der Waals surface area (Å²) in [6.07, 6.45) is 6.56. The Morgan fingerprint density at radius 3 is 2.69 bits per heavy atom. The van der Waals surface area contributed by atoms with Crippen LogP contribution in [0.5, 0.6) is 0 Å². The van der Waals surface area contributed by atoms with Crippen LogP contribution in [-0.4, -0.2) is 24.1 Å². The Hall–Kier alpha value is -2.60. The van der Waals surface area contributed by atoms with E-state index in [4.69, 9.17) is 4.98 Å². The molecule has 5 nitrogen and oxygen atoms in total. The van der Waals surface area contributed by atoms with Crippen molar-refractivity contribution in [2.45, 2.75) is 36.6 Å². The molecule has 0 aliphatic heterocycles. The Balaban J connectivity index is 1.46. The molecule has 1 aliphatic carbocycles. The number of hydrogen-bond donors (Lipinski definition) is 0. The smallest absolute Gasteiger partial charge is 0.196 e. The summed E-state index contributed by atoms with van der Waals surface area (Å²) < 4.78 is 4.30. The first-order valence-electron chi connectivity index (χ1n) is 8.86. The van der Waals surface area contributed by atoms with Crippen molar-refractivity contribution in [3.8, 4) is 5.69 Å². The van der Waals surface area contributed by atoms with Crippen LogP contribution in [0.3, 0.4) is 0 Å². The number of hydrogen-bond acceptors (Lipinski definition) is 4. The maximum absolute atomic E-state index is 4.77. The zero-order valence-electron chi connectivity index (χ0n) is 14.5. The number of thioether (sulfide) groups is 1. The van der Waals surface area contributed by atoms with E-state index in [1.54, 1.807) is 11.8 Å². The van der Waals surface area contributed by atoms with Gasteiger partial charge in [0.2, 0.25) is 0 Å². The van der Waals surface area contributed by atoms with E-state index < -0.39 is 0 Å². The van der Waals surface area contributed by atoms with Crippen molar-refractivity contribution in [3.63, 3.8) is 0 Å². The average molecular weight is 361 g/mol. The second-order valence-electron chi connectivity index (χ2n) is 6.73. The minimum Gasteiger partial charge on any atom is -0.307 e. The Bertz CT molecular complexity index is 1060. The van der Waals surface area contributed by atoms with Crippen LogP contribution in [0, 0.1) is 6.92 Å². The second kappa shape index (κ2) is 6.29. The molecule has 26 heavy (non-hydrogen) atoms. The molecule has 1 aliphatic rings. The van der Waals surface area contributed by atoms with Gasteiger partial charge in [-0.25, -0.2) is 4.98 Å². The first kappa shape index (κ1) is 15.6. The molecule has 4 aromatic rings. The molecule has 0 N–H and O–H groups in total. The lowest BCUT2D eigenvalue weighted by Gasteiger charge is -2.09. The van der Waals surface area contributed by atoms with Gasteiger partial charge in [-0.05, 0) is 43.5 Å². The molecule has 0 bridgehead atoms. The number of aromatic nitrogens is 5. The molecule has 1 saturated carbocycles. The maximum Gasteiger partial charge on any atom is 0.196 e. The van der Waals surface area contributed by atoms with Crippen LogP contribution in [0.15, 0.2) is 60.0 Å². The molecule has 1 aromatic carbocycles. The normalized spacial score (nSPS) is 14.2. The highest BCUT2D eigenvalue weighted by Crippen LogP contribution is 2.41. The van der Waals surface area contributed by atoms with Crippen molar-refractivity contribution in [2.75, 3.05) is 0 Å². The molecule has 3 heterocycles. The van der Waals surface area contributed by atoms with E-state index in [-0.39, 0.29) is 0 Å². The van der Waals surface area contributed by atoms with E-state index in [0.29, 0.717) is 5.92 Å². The first-order valence-corrected chi connectivity index (χ1v) is 9.85. The molecule has 0 unspecified atom stereocenters. The van der Waals surface area contributed by atoms with Crippen molar-refractivity contribution in [1.29, 1.82) is 0 Å². The molecule has 1 fully saturated rings. The predicted molar refractivity (Wildman–Crippen MR) is 103 cm³/mol. The van der Waals surface area contributed by atoms with Gasteiger partial charge in [0.25, 0.3) is 0 Å². The zero-order chi connectivity index (χ0) is 17.5. The summed E-state index contributed by atoms with van der Waals surface area (Å²) in [5.41, 5.74) is 4.39. The summed E-state index contributed by atoms with van der Waals surface area (Å²) in [6, 6.07) is 14.5. The standard InChI is InChI=1S/C20H19N5S/c1-14-6-5-11-24-12-16(21-18(14)24)13-26-20-23-22-19(15-9-10-15)25(20)17-7-3-2-4-8-17/h2-8,11-12,15H,9-10,13H2,1H3. The number of rotatable bonds is 5. The molecule has 0 saturated heterocycles. The minimum absolute atomic E-state index is 0.551. The van der Waals surface area contributed by atoms with Crippen molar-refractivity contribution in [3.05, 3.63) is 71.9 Å². The molecular formula is C20H19N5S. The van der Waals surface area contributed by atoms with Crippen molar-refractivity contribution < 1.29 is 0 Å². The second-order valence-corrected chi connectivity index (χ2v) is 7.67. The molecule has 0 atom stereocenters.